The van der Waals surface area contributed by atoms with E-state index in [9.17, 15) is 8.77 Å². The Morgan fingerprint density at radius 3 is 2.47 bits per heavy atom. The van der Waals surface area contributed by atoms with Gasteiger partial charge in [0.25, 0.3) is 0 Å². The smallest absolute Gasteiger partial charge is 0.417 e. The summed E-state index contributed by atoms with van der Waals surface area (Å²) in [5.41, 5.74) is 0.840. The van der Waals surface area contributed by atoms with Crippen LogP contribution in [0.5, 0.6) is 5.75 Å². The minimum atomic E-state index is -3.12. The quantitative estimate of drug-likeness (QED) is 0.780. The molecule has 0 amide bonds. The highest BCUT2D eigenvalue weighted by Gasteiger charge is 2.23. The van der Waals surface area contributed by atoms with E-state index in [0.717, 1.165) is 21.8 Å². The van der Waals surface area contributed by atoms with E-state index >= 15 is 0 Å². The maximum absolute atomic E-state index is 11.9. The van der Waals surface area contributed by atoms with Crippen LogP contribution in [-0.4, -0.2) is 23.8 Å². The van der Waals surface area contributed by atoms with Crippen molar-refractivity contribution in [1.82, 2.24) is 0 Å². The Balaban J connectivity index is 2.99. The first kappa shape index (κ1) is 14.8. The highest BCUT2D eigenvalue weighted by atomic mass is 32.7. The fraction of sp³-hybridized carbons (Fsp3) is 0.400. The molecule has 4 nitrogen and oxygen atoms in total. The molecule has 1 aromatic rings. The van der Waals surface area contributed by atoms with Crippen molar-refractivity contribution in [3.05, 3.63) is 23.8 Å². The van der Waals surface area contributed by atoms with Gasteiger partial charge in [0.2, 0.25) is 0 Å². The number of hydrogen-bond donors (Lipinski definition) is 0. The van der Waals surface area contributed by atoms with Crippen LogP contribution in [0.4, 0.5) is 0 Å². The van der Waals surface area contributed by atoms with Crippen LogP contribution in [-0.2, 0) is 19.9 Å². The van der Waals surface area contributed by atoms with Crippen LogP contribution in [0.2, 0.25) is 0 Å². The Labute approximate surface area is 108 Å². The van der Waals surface area contributed by atoms with Gasteiger partial charge in [-0.1, -0.05) is 0 Å². The predicted molar refractivity (Wildman–Crippen MR) is 72.3 cm³/mol. The molecular weight excluding hydrogens is 279 g/mol. The van der Waals surface area contributed by atoms with Crippen LogP contribution < -0.4 is 4.52 Å². The zero-order valence-electron chi connectivity index (χ0n) is 10.1. The van der Waals surface area contributed by atoms with Gasteiger partial charge in [-0.15, -0.1) is 0 Å². The summed E-state index contributed by atoms with van der Waals surface area (Å²) in [6, 6.07) is 5.06. The molecule has 0 spiro atoms. The molecule has 0 aliphatic heterocycles. The Kier molecular flexibility index (Phi) is 5.25. The highest BCUT2D eigenvalue weighted by Crippen LogP contribution is 2.58. The SMILES string of the molecule is COP(=O)(Oc1ccc(S(C)=O)c(C)c1)SC. The highest BCUT2D eigenvalue weighted by molar-refractivity contribution is 8.54. The summed E-state index contributed by atoms with van der Waals surface area (Å²) in [6.07, 6.45) is 3.28. The summed E-state index contributed by atoms with van der Waals surface area (Å²) in [5, 5.41) is 0. The van der Waals surface area contributed by atoms with Crippen molar-refractivity contribution in [2.24, 2.45) is 0 Å². The minimum Gasteiger partial charge on any atom is -0.417 e. The van der Waals surface area contributed by atoms with Gasteiger partial charge in [-0.3, -0.25) is 8.73 Å². The first-order valence-electron chi connectivity index (χ1n) is 4.77. The van der Waals surface area contributed by atoms with E-state index in [0.29, 0.717) is 5.75 Å². The third-order valence-corrected chi connectivity index (χ3v) is 6.54. The fourth-order valence-corrected chi connectivity index (χ4v) is 3.65. The molecule has 2 atom stereocenters. The lowest BCUT2D eigenvalue weighted by Gasteiger charge is -2.15. The molecule has 7 heteroatoms. The Hall–Kier alpha value is -0.290. The van der Waals surface area contributed by atoms with Gasteiger partial charge in [-0.25, -0.2) is 4.57 Å². The Morgan fingerprint density at radius 1 is 1.41 bits per heavy atom. The van der Waals surface area contributed by atoms with Crippen molar-refractivity contribution in [2.45, 2.75) is 11.8 Å². The Bertz CT molecular complexity index is 467. The lowest BCUT2D eigenvalue weighted by molar-refractivity contribution is 0.342. The van der Waals surface area contributed by atoms with Crippen molar-refractivity contribution < 1.29 is 17.8 Å². The summed E-state index contributed by atoms with van der Waals surface area (Å²) in [4.78, 5) is 0.744. The zero-order chi connectivity index (χ0) is 13.1. The second-order valence-corrected chi connectivity index (χ2v) is 8.88. The lowest BCUT2D eigenvalue weighted by atomic mass is 10.2. The van der Waals surface area contributed by atoms with Crippen molar-refractivity contribution in [3.8, 4) is 5.75 Å². The van der Waals surface area contributed by atoms with E-state index < -0.39 is 17.6 Å². The van der Waals surface area contributed by atoms with E-state index in [1.165, 1.54) is 7.11 Å². The molecular formula is C10H15O4PS2. The van der Waals surface area contributed by atoms with Crippen molar-refractivity contribution in [3.63, 3.8) is 0 Å². The molecule has 0 saturated heterocycles. The topological polar surface area (TPSA) is 52.6 Å². The third kappa shape index (κ3) is 3.85. The second kappa shape index (κ2) is 6.05. The molecule has 1 rings (SSSR count). The molecule has 0 bridgehead atoms. The number of rotatable bonds is 5. The van der Waals surface area contributed by atoms with E-state index in [-0.39, 0.29) is 0 Å². The van der Waals surface area contributed by atoms with Crippen molar-refractivity contribution in [1.29, 1.82) is 0 Å². The van der Waals surface area contributed by atoms with Gasteiger partial charge < -0.3 is 4.52 Å². The van der Waals surface area contributed by atoms with Crippen molar-refractivity contribution >= 4 is 29.0 Å². The summed E-state index contributed by atoms with van der Waals surface area (Å²) in [5.74, 6) is 0.455. The maximum atomic E-state index is 11.9. The number of hydrogen-bond acceptors (Lipinski definition) is 5. The second-order valence-electron chi connectivity index (χ2n) is 3.29. The molecule has 96 valence electrons. The molecule has 0 aromatic heterocycles. The normalized spacial score (nSPS) is 16.2. The maximum Gasteiger partial charge on any atom is 0.439 e. The van der Waals surface area contributed by atoms with Gasteiger partial charge in [0, 0.05) is 18.3 Å². The molecule has 0 aliphatic rings. The molecule has 2 unspecified atom stereocenters. The summed E-state index contributed by atoms with van der Waals surface area (Å²) >= 11 is 1.03. The van der Waals surface area contributed by atoms with Crippen LogP contribution in [0.25, 0.3) is 0 Å². The van der Waals surface area contributed by atoms with Crippen LogP contribution in [0, 0.1) is 6.92 Å². The van der Waals surface area contributed by atoms with E-state index in [4.69, 9.17) is 9.05 Å². The van der Waals surface area contributed by atoms with Crippen molar-refractivity contribution in [2.75, 3.05) is 19.6 Å². The Morgan fingerprint density at radius 2 is 2.06 bits per heavy atom. The zero-order valence-corrected chi connectivity index (χ0v) is 12.7. The average Bonchev–Trinajstić information content (AvgIpc) is 2.28. The summed E-state index contributed by atoms with van der Waals surface area (Å²) in [6.45, 7) is -1.29. The van der Waals surface area contributed by atoms with E-state index in [1.54, 1.807) is 30.7 Å². The van der Waals surface area contributed by atoms with Gasteiger partial charge in [0.15, 0.2) is 0 Å². The fourth-order valence-electron chi connectivity index (χ4n) is 1.28. The molecule has 17 heavy (non-hydrogen) atoms. The standard InChI is InChI=1S/C10H15O4PS2/c1-8-7-9(5-6-10(8)17(4)12)14-15(11,13-2)16-3/h5-7H,1-4H3. The molecule has 0 heterocycles. The number of aryl methyl sites for hydroxylation is 1. The average molecular weight is 294 g/mol. The predicted octanol–water partition coefficient (Wildman–Crippen LogP) is 3.23. The molecule has 0 N–H and O–H groups in total. The summed E-state index contributed by atoms with van der Waals surface area (Å²) in [7, 11) is 0.310. The van der Waals surface area contributed by atoms with Crippen LogP contribution in [0.3, 0.4) is 0 Å². The van der Waals surface area contributed by atoms with Gasteiger partial charge in [-0.2, -0.15) is 0 Å². The third-order valence-electron chi connectivity index (χ3n) is 2.12. The number of benzene rings is 1. The summed E-state index contributed by atoms with van der Waals surface area (Å²) < 4.78 is 33.4. The van der Waals surface area contributed by atoms with E-state index in [1.807, 2.05) is 6.92 Å². The van der Waals surface area contributed by atoms with Gasteiger partial charge in [0.05, 0.1) is 10.8 Å². The first-order valence-corrected chi connectivity index (χ1v) is 9.70. The molecule has 0 radical (unpaired) electrons. The lowest BCUT2D eigenvalue weighted by Crippen LogP contribution is -1.95. The van der Waals surface area contributed by atoms with Gasteiger partial charge >= 0.3 is 6.80 Å². The minimum absolute atomic E-state index is 0.455. The van der Waals surface area contributed by atoms with Gasteiger partial charge in [-0.05, 0) is 48.3 Å². The molecule has 0 fully saturated rings. The largest absolute Gasteiger partial charge is 0.439 e. The van der Waals surface area contributed by atoms with Crippen LogP contribution >= 0.6 is 18.2 Å². The van der Waals surface area contributed by atoms with E-state index in [2.05, 4.69) is 0 Å². The van der Waals surface area contributed by atoms with Crippen LogP contribution in [0.1, 0.15) is 5.56 Å². The first-order chi connectivity index (χ1) is 7.91. The molecule has 0 aliphatic carbocycles. The van der Waals surface area contributed by atoms with Gasteiger partial charge in [0.1, 0.15) is 5.75 Å². The molecule has 1 aromatic carbocycles. The monoisotopic (exact) mass is 294 g/mol. The molecule has 0 saturated carbocycles. The van der Waals surface area contributed by atoms with Crippen LogP contribution in [0.15, 0.2) is 23.1 Å².